The Morgan fingerprint density at radius 2 is 1.95 bits per heavy atom. The molecule has 0 heterocycles. The van der Waals surface area contributed by atoms with Crippen LogP contribution in [0.5, 0.6) is 5.75 Å². The zero-order chi connectivity index (χ0) is 13.9. The molecule has 2 nitrogen and oxygen atoms in total. The smallest absolute Gasteiger partial charge is 0.123 e. The molecule has 20 heavy (non-hydrogen) atoms. The Kier molecular flexibility index (Phi) is 4.30. The zero-order valence-electron chi connectivity index (χ0n) is 12.8. The van der Waals surface area contributed by atoms with Crippen molar-refractivity contribution in [1.82, 2.24) is 5.32 Å². The highest BCUT2D eigenvalue weighted by atomic mass is 16.5. The summed E-state index contributed by atoms with van der Waals surface area (Å²) >= 11 is 0. The summed E-state index contributed by atoms with van der Waals surface area (Å²) in [5, 5.41) is 3.41. The van der Waals surface area contributed by atoms with E-state index in [1.54, 1.807) is 0 Å². The van der Waals surface area contributed by atoms with Gasteiger partial charge >= 0.3 is 0 Å². The molecular weight excluding hydrogens is 246 g/mol. The van der Waals surface area contributed by atoms with E-state index in [1.165, 1.54) is 49.7 Å². The summed E-state index contributed by atoms with van der Waals surface area (Å²) < 4.78 is 6.36. The quantitative estimate of drug-likeness (QED) is 0.886. The van der Waals surface area contributed by atoms with Gasteiger partial charge < -0.3 is 10.1 Å². The monoisotopic (exact) mass is 273 g/mol. The van der Waals surface area contributed by atoms with Gasteiger partial charge in [0.1, 0.15) is 5.75 Å². The molecule has 2 heteroatoms. The van der Waals surface area contributed by atoms with Gasteiger partial charge in [-0.1, -0.05) is 25.5 Å². The van der Waals surface area contributed by atoms with Crippen molar-refractivity contribution in [3.63, 3.8) is 0 Å². The highest BCUT2D eigenvalue weighted by Crippen LogP contribution is 2.38. The molecule has 0 bridgehead atoms. The molecule has 1 aromatic carbocycles. The van der Waals surface area contributed by atoms with Crippen molar-refractivity contribution in [3.8, 4) is 5.75 Å². The van der Waals surface area contributed by atoms with Gasteiger partial charge in [0, 0.05) is 6.04 Å². The van der Waals surface area contributed by atoms with Gasteiger partial charge in [0.25, 0.3) is 0 Å². The van der Waals surface area contributed by atoms with Crippen LogP contribution in [0.1, 0.15) is 62.6 Å². The third-order valence-electron chi connectivity index (χ3n) is 5.24. The number of hydrogen-bond donors (Lipinski definition) is 1. The number of benzene rings is 1. The Bertz CT molecular complexity index is 449. The minimum Gasteiger partial charge on any atom is -0.490 e. The van der Waals surface area contributed by atoms with Crippen molar-refractivity contribution in [1.29, 1.82) is 0 Å². The summed E-state index contributed by atoms with van der Waals surface area (Å²) in [6.07, 6.45) is 9.28. The summed E-state index contributed by atoms with van der Waals surface area (Å²) in [5.74, 6) is 2.09. The lowest BCUT2D eigenvalue weighted by molar-refractivity contribution is 0.129. The third kappa shape index (κ3) is 2.71. The Hall–Kier alpha value is -1.02. The predicted molar refractivity (Wildman–Crippen MR) is 83.2 cm³/mol. The molecule has 1 atom stereocenters. The Morgan fingerprint density at radius 1 is 1.15 bits per heavy atom. The van der Waals surface area contributed by atoms with E-state index in [0.29, 0.717) is 12.1 Å². The van der Waals surface area contributed by atoms with Gasteiger partial charge in [-0.05, 0) is 68.7 Å². The van der Waals surface area contributed by atoms with E-state index in [2.05, 4.69) is 37.5 Å². The fourth-order valence-corrected chi connectivity index (χ4v) is 3.87. The van der Waals surface area contributed by atoms with Crippen LogP contribution in [0.2, 0.25) is 0 Å². The lowest BCUT2D eigenvalue weighted by Gasteiger charge is -2.29. The maximum absolute atomic E-state index is 6.36. The average molecular weight is 273 g/mol. The fourth-order valence-electron chi connectivity index (χ4n) is 3.87. The number of ether oxygens (including phenoxy) is 1. The van der Waals surface area contributed by atoms with Crippen LogP contribution in [0.4, 0.5) is 0 Å². The second-order valence-electron chi connectivity index (χ2n) is 6.37. The Morgan fingerprint density at radius 3 is 2.65 bits per heavy atom. The third-order valence-corrected chi connectivity index (χ3v) is 5.24. The molecule has 0 amide bonds. The van der Waals surface area contributed by atoms with E-state index in [4.69, 9.17) is 4.74 Å². The number of fused-ring (bicyclic) bond motifs is 1. The standard InChI is InChI=1S/C18H27NO/c1-3-13-7-9-14(10-8-13)20-18-6-4-5-15-16(18)11-12-17(15)19-2/h4-6,13-14,17,19H,3,7-12H2,1-2H3. The van der Waals surface area contributed by atoms with Gasteiger partial charge in [-0.25, -0.2) is 0 Å². The first-order chi connectivity index (χ1) is 9.81. The highest BCUT2D eigenvalue weighted by Gasteiger charge is 2.26. The summed E-state index contributed by atoms with van der Waals surface area (Å²) in [4.78, 5) is 0. The van der Waals surface area contributed by atoms with Crippen LogP contribution < -0.4 is 10.1 Å². The highest BCUT2D eigenvalue weighted by molar-refractivity contribution is 5.45. The van der Waals surface area contributed by atoms with Gasteiger partial charge in [0.2, 0.25) is 0 Å². The summed E-state index contributed by atoms with van der Waals surface area (Å²) in [7, 11) is 2.05. The molecule has 0 radical (unpaired) electrons. The lowest BCUT2D eigenvalue weighted by atomic mass is 9.86. The van der Waals surface area contributed by atoms with Crippen molar-refractivity contribution in [3.05, 3.63) is 29.3 Å². The molecule has 1 unspecified atom stereocenters. The maximum atomic E-state index is 6.36. The summed E-state index contributed by atoms with van der Waals surface area (Å²) in [6.45, 7) is 2.31. The van der Waals surface area contributed by atoms with Crippen molar-refractivity contribution in [2.24, 2.45) is 5.92 Å². The molecule has 0 aliphatic heterocycles. The van der Waals surface area contributed by atoms with E-state index < -0.39 is 0 Å². The zero-order valence-corrected chi connectivity index (χ0v) is 12.8. The second kappa shape index (κ2) is 6.17. The molecule has 3 rings (SSSR count). The van der Waals surface area contributed by atoms with Gasteiger partial charge in [-0.15, -0.1) is 0 Å². The molecule has 0 spiro atoms. The van der Waals surface area contributed by atoms with Crippen LogP contribution in [0, 0.1) is 5.92 Å². The Balaban J connectivity index is 1.69. The van der Waals surface area contributed by atoms with Gasteiger partial charge in [0.15, 0.2) is 0 Å². The van der Waals surface area contributed by atoms with Gasteiger partial charge in [0.05, 0.1) is 6.10 Å². The van der Waals surface area contributed by atoms with E-state index in [9.17, 15) is 0 Å². The van der Waals surface area contributed by atoms with Crippen molar-refractivity contribution < 1.29 is 4.74 Å². The SMILES string of the molecule is CCC1CCC(Oc2cccc3c2CCC3NC)CC1. The molecule has 2 aliphatic carbocycles. The molecular formula is C18H27NO. The predicted octanol–water partition coefficient (Wildman–Crippen LogP) is 4.24. The van der Waals surface area contributed by atoms with Crippen molar-refractivity contribution >= 4 is 0 Å². The fraction of sp³-hybridized carbons (Fsp3) is 0.667. The van der Waals surface area contributed by atoms with E-state index in [1.807, 2.05) is 0 Å². The molecule has 1 N–H and O–H groups in total. The molecule has 1 aromatic rings. The van der Waals surface area contributed by atoms with E-state index >= 15 is 0 Å². The van der Waals surface area contributed by atoms with Crippen molar-refractivity contribution in [2.75, 3.05) is 7.05 Å². The van der Waals surface area contributed by atoms with Gasteiger partial charge in [-0.2, -0.15) is 0 Å². The largest absolute Gasteiger partial charge is 0.490 e. The molecule has 0 saturated heterocycles. The molecule has 1 saturated carbocycles. The minimum absolute atomic E-state index is 0.443. The molecule has 1 fully saturated rings. The first kappa shape index (κ1) is 13.9. The maximum Gasteiger partial charge on any atom is 0.123 e. The average Bonchev–Trinajstić information content (AvgIpc) is 2.92. The normalized spacial score (nSPS) is 29.2. The topological polar surface area (TPSA) is 21.3 Å². The molecule has 110 valence electrons. The lowest BCUT2D eigenvalue weighted by Crippen LogP contribution is -2.24. The Labute approximate surface area is 122 Å². The number of hydrogen-bond acceptors (Lipinski definition) is 2. The van der Waals surface area contributed by atoms with Gasteiger partial charge in [-0.3, -0.25) is 0 Å². The van der Waals surface area contributed by atoms with Crippen LogP contribution in [-0.2, 0) is 6.42 Å². The van der Waals surface area contributed by atoms with Crippen LogP contribution in [0.3, 0.4) is 0 Å². The molecule has 2 aliphatic rings. The first-order valence-corrected chi connectivity index (χ1v) is 8.27. The molecule has 0 aromatic heterocycles. The summed E-state index contributed by atoms with van der Waals surface area (Å²) in [6, 6.07) is 7.10. The van der Waals surface area contributed by atoms with E-state index in [0.717, 1.165) is 18.1 Å². The van der Waals surface area contributed by atoms with Crippen LogP contribution in [0.15, 0.2) is 18.2 Å². The number of rotatable bonds is 4. The van der Waals surface area contributed by atoms with Crippen LogP contribution in [0.25, 0.3) is 0 Å². The van der Waals surface area contributed by atoms with Crippen LogP contribution in [-0.4, -0.2) is 13.2 Å². The first-order valence-electron chi connectivity index (χ1n) is 8.27. The second-order valence-corrected chi connectivity index (χ2v) is 6.37. The van der Waals surface area contributed by atoms with E-state index in [-0.39, 0.29) is 0 Å². The van der Waals surface area contributed by atoms with Crippen molar-refractivity contribution in [2.45, 2.75) is 64.0 Å². The summed E-state index contributed by atoms with van der Waals surface area (Å²) in [5.41, 5.74) is 2.90. The van der Waals surface area contributed by atoms with Crippen LogP contribution >= 0.6 is 0 Å². The number of nitrogens with one attached hydrogen (secondary N) is 1. The minimum atomic E-state index is 0.443.